The van der Waals surface area contributed by atoms with E-state index in [2.05, 4.69) is 14.9 Å². The first-order chi connectivity index (χ1) is 20.5. The van der Waals surface area contributed by atoms with Gasteiger partial charge in [-0.05, 0) is 31.5 Å². The fourth-order valence-corrected chi connectivity index (χ4v) is 5.65. The fourth-order valence-electron chi connectivity index (χ4n) is 5.65. The van der Waals surface area contributed by atoms with Crippen LogP contribution in [0.1, 0.15) is 47.2 Å². The average molecular weight is 600 g/mol. The number of imidazole rings is 1. The molecule has 3 heterocycles. The number of rotatable bonds is 8. The quantitative estimate of drug-likeness (QED) is 0.299. The Bertz CT molecular complexity index is 1680. The molecular weight excluding hydrogens is 566 g/mol. The molecule has 0 amide bonds. The summed E-state index contributed by atoms with van der Waals surface area (Å²) in [5.74, 6) is -0.289. The van der Waals surface area contributed by atoms with E-state index in [0.717, 1.165) is 33.2 Å². The minimum atomic E-state index is -4.84. The summed E-state index contributed by atoms with van der Waals surface area (Å²) in [5, 5.41) is 0. The summed E-state index contributed by atoms with van der Waals surface area (Å²) in [4.78, 5) is 39.2. The number of nitrogens with two attached hydrogens (primary N) is 1. The van der Waals surface area contributed by atoms with Crippen LogP contribution >= 0.6 is 0 Å². The molecule has 0 radical (unpaired) electrons. The lowest BCUT2D eigenvalue weighted by Crippen LogP contribution is -2.52. The number of hydrogen-bond acceptors (Lipinski definition) is 6. The number of nitrogens with one attached hydrogen (secondary N) is 1. The van der Waals surface area contributed by atoms with E-state index in [1.54, 1.807) is 42.7 Å². The van der Waals surface area contributed by atoms with Gasteiger partial charge < -0.3 is 15.6 Å². The minimum absolute atomic E-state index is 0.00502. The summed E-state index contributed by atoms with van der Waals surface area (Å²) in [6.07, 6.45) is -1.42. The van der Waals surface area contributed by atoms with Gasteiger partial charge in [-0.15, -0.1) is 0 Å². The first kappa shape index (κ1) is 30.2. The number of halogens is 4. The van der Waals surface area contributed by atoms with E-state index in [4.69, 9.17) is 5.73 Å². The van der Waals surface area contributed by atoms with Crippen LogP contribution in [-0.4, -0.2) is 50.2 Å². The maximum absolute atomic E-state index is 14.9. The van der Waals surface area contributed by atoms with Crippen molar-refractivity contribution in [1.29, 1.82) is 0 Å². The van der Waals surface area contributed by atoms with Gasteiger partial charge in [-0.1, -0.05) is 36.4 Å². The highest BCUT2D eigenvalue weighted by Gasteiger charge is 2.35. The molecule has 2 unspecified atom stereocenters. The van der Waals surface area contributed by atoms with Crippen LogP contribution in [0.25, 0.3) is 0 Å². The van der Waals surface area contributed by atoms with E-state index >= 15 is 0 Å². The van der Waals surface area contributed by atoms with Gasteiger partial charge in [0.05, 0.1) is 24.7 Å². The summed E-state index contributed by atoms with van der Waals surface area (Å²) in [6.45, 7) is 4.55. The molecule has 1 aliphatic rings. The second-order valence-corrected chi connectivity index (χ2v) is 10.7. The number of anilines is 1. The Morgan fingerprint density at radius 2 is 1.70 bits per heavy atom. The van der Waals surface area contributed by atoms with Gasteiger partial charge in [0.2, 0.25) is 0 Å². The van der Waals surface area contributed by atoms with Crippen molar-refractivity contribution in [3.63, 3.8) is 0 Å². The number of alkyl halides is 3. The first-order valence-corrected chi connectivity index (χ1v) is 13.9. The predicted octanol–water partition coefficient (Wildman–Crippen LogP) is 3.83. The number of hydrogen-bond donors (Lipinski definition) is 2. The van der Waals surface area contributed by atoms with E-state index in [1.165, 1.54) is 6.92 Å². The second-order valence-electron chi connectivity index (χ2n) is 10.7. The van der Waals surface area contributed by atoms with E-state index in [1.807, 2.05) is 11.8 Å². The summed E-state index contributed by atoms with van der Waals surface area (Å²) in [5.41, 5.74) is 4.08. The summed E-state index contributed by atoms with van der Waals surface area (Å²) in [6, 6.07) is 10.8. The molecular formula is C30H33F4N7O2. The second kappa shape index (κ2) is 12.2. The van der Waals surface area contributed by atoms with Crippen molar-refractivity contribution in [2.75, 3.05) is 31.1 Å². The van der Waals surface area contributed by atoms with Crippen LogP contribution in [0.5, 0.6) is 0 Å². The summed E-state index contributed by atoms with van der Waals surface area (Å²) >= 11 is 0. The molecule has 2 atom stereocenters. The lowest BCUT2D eigenvalue weighted by molar-refractivity contribution is -0.138. The number of H-pyrrole nitrogens is 1. The molecule has 228 valence electrons. The van der Waals surface area contributed by atoms with Crippen LogP contribution in [0.2, 0.25) is 0 Å². The largest absolute Gasteiger partial charge is 0.416 e. The zero-order valence-corrected chi connectivity index (χ0v) is 23.8. The molecule has 2 aromatic heterocycles. The van der Waals surface area contributed by atoms with Crippen LogP contribution in [0, 0.1) is 12.7 Å². The highest BCUT2D eigenvalue weighted by atomic mass is 19.4. The molecule has 1 aliphatic heterocycles. The summed E-state index contributed by atoms with van der Waals surface area (Å²) in [7, 11) is 0. The Balaban J connectivity index is 1.57. The van der Waals surface area contributed by atoms with Gasteiger partial charge in [0.1, 0.15) is 17.3 Å². The number of piperazine rings is 1. The Hall–Kier alpha value is -4.23. The van der Waals surface area contributed by atoms with E-state index in [9.17, 15) is 27.2 Å². The summed E-state index contributed by atoms with van der Waals surface area (Å²) < 4.78 is 58.5. The molecule has 9 nitrogen and oxygen atoms in total. The minimum Gasteiger partial charge on any atom is -0.363 e. The SMILES string of the molecule is Cc1c(N2CCN(C(C)c3ncc[nH]3)CC2)c(=O)n(CC(N)c2ccccc2)c(=O)n1Cc1c(F)cccc1C(F)(F)F. The van der Waals surface area contributed by atoms with Crippen LogP contribution in [0.3, 0.4) is 0 Å². The first-order valence-electron chi connectivity index (χ1n) is 13.9. The topological polar surface area (TPSA) is 105 Å². The molecule has 1 fully saturated rings. The van der Waals surface area contributed by atoms with Gasteiger partial charge in [0, 0.05) is 55.9 Å². The van der Waals surface area contributed by atoms with Crippen LogP contribution in [0.15, 0.2) is 70.5 Å². The standard InChI is InChI=1S/C30H33F4N7O2/c1-19-26(39-15-13-38(14-16-39)20(2)27-36-11-12-37-27)28(42)41(18-25(35)21-7-4-3-5-8-21)29(43)40(19)17-22-23(30(32,33)34)9-6-10-24(22)31/h3-12,20,25H,13-18,35H2,1-2H3,(H,36,37). The van der Waals surface area contributed by atoms with Crippen molar-refractivity contribution in [3.8, 4) is 0 Å². The van der Waals surface area contributed by atoms with E-state index < -0.39 is 47.0 Å². The monoisotopic (exact) mass is 599 g/mol. The molecule has 43 heavy (non-hydrogen) atoms. The number of aromatic nitrogens is 4. The molecule has 0 bridgehead atoms. The fraction of sp³-hybridized carbons (Fsp3) is 0.367. The highest BCUT2D eigenvalue weighted by Crippen LogP contribution is 2.34. The van der Waals surface area contributed by atoms with Gasteiger partial charge >= 0.3 is 11.9 Å². The molecule has 0 saturated carbocycles. The number of nitrogens with zero attached hydrogens (tertiary/aromatic N) is 5. The molecule has 0 spiro atoms. The van der Waals surface area contributed by atoms with Crippen molar-refractivity contribution in [3.05, 3.63) is 116 Å². The number of aromatic amines is 1. The molecule has 4 aromatic rings. The molecule has 5 rings (SSSR count). The third-order valence-corrected chi connectivity index (χ3v) is 8.10. The maximum atomic E-state index is 14.9. The molecule has 2 aromatic carbocycles. The molecule has 13 heteroatoms. The normalized spacial score (nSPS) is 15.9. The Kier molecular flexibility index (Phi) is 8.56. The van der Waals surface area contributed by atoms with Gasteiger partial charge in [-0.25, -0.2) is 14.2 Å². The smallest absolute Gasteiger partial charge is 0.363 e. The van der Waals surface area contributed by atoms with Gasteiger partial charge in [0.15, 0.2) is 0 Å². The Morgan fingerprint density at radius 1 is 1.00 bits per heavy atom. The maximum Gasteiger partial charge on any atom is 0.416 e. The lowest BCUT2D eigenvalue weighted by atomic mass is 10.1. The van der Waals surface area contributed by atoms with Crippen molar-refractivity contribution in [2.45, 2.75) is 45.2 Å². The van der Waals surface area contributed by atoms with Crippen molar-refractivity contribution in [2.24, 2.45) is 5.73 Å². The molecule has 3 N–H and O–H groups in total. The van der Waals surface area contributed by atoms with Crippen LogP contribution < -0.4 is 21.9 Å². The Morgan fingerprint density at radius 3 is 2.33 bits per heavy atom. The van der Waals surface area contributed by atoms with Crippen molar-refractivity contribution < 1.29 is 17.6 Å². The Labute approximate surface area is 245 Å². The van der Waals surface area contributed by atoms with Gasteiger partial charge in [0.25, 0.3) is 5.56 Å². The lowest BCUT2D eigenvalue weighted by Gasteiger charge is -2.39. The zero-order valence-electron chi connectivity index (χ0n) is 23.8. The van der Waals surface area contributed by atoms with Crippen molar-refractivity contribution >= 4 is 5.69 Å². The number of benzene rings is 2. The van der Waals surface area contributed by atoms with E-state index in [0.29, 0.717) is 31.7 Å². The van der Waals surface area contributed by atoms with Crippen molar-refractivity contribution in [1.82, 2.24) is 24.0 Å². The van der Waals surface area contributed by atoms with Crippen LogP contribution in [-0.2, 0) is 19.3 Å². The average Bonchev–Trinajstić information content (AvgIpc) is 3.53. The van der Waals surface area contributed by atoms with Crippen LogP contribution in [0.4, 0.5) is 23.2 Å². The third kappa shape index (κ3) is 6.13. The molecule has 0 aliphatic carbocycles. The zero-order chi connectivity index (χ0) is 30.9. The third-order valence-electron chi connectivity index (χ3n) is 8.10. The van der Waals surface area contributed by atoms with Gasteiger partial charge in [-0.2, -0.15) is 13.2 Å². The molecule has 1 saturated heterocycles. The van der Waals surface area contributed by atoms with Gasteiger partial charge in [-0.3, -0.25) is 18.8 Å². The highest BCUT2D eigenvalue weighted by molar-refractivity contribution is 5.50. The predicted molar refractivity (Wildman–Crippen MR) is 154 cm³/mol. The van der Waals surface area contributed by atoms with E-state index in [-0.39, 0.29) is 24.0 Å².